The Morgan fingerprint density at radius 1 is 1.14 bits per heavy atom. The third kappa shape index (κ3) is 5.87. The maximum absolute atomic E-state index is 13.3. The number of carbonyl (C=O) groups is 2. The van der Waals surface area contributed by atoms with Crippen molar-refractivity contribution >= 4 is 50.7 Å². The van der Waals surface area contributed by atoms with Gasteiger partial charge in [0, 0.05) is 17.6 Å². The first-order valence-electron chi connectivity index (χ1n) is 7.89. The summed E-state index contributed by atoms with van der Waals surface area (Å²) in [7, 11) is 0. The van der Waals surface area contributed by atoms with Gasteiger partial charge in [-0.15, -0.1) is 0 Å². The van der Waals surface area contributed by atoms with E-state index in [0.29, 0.717) is 15.2 Å². The molecule has 28 heavy (non-hydrogen) atoms. The van der Waals surface area contributed by atoms with Gasteiger partial charge >= 0.3 is 6.18 Å². The van der Waals surface area contributed by atoms with Gasteiger partial charge in [0.15, 0.2) is 6.10 Å². The lowest BCUT2D eigenvalue weighted by Crippen LogP contribution is -2.31. The third-order valence-corrected chi connectivity index (χ3v) is 4.32. The second-order valence-corrected chi connectivity index (χ2v) is 7.05. The molecule has 2 aromatic rings. The second kappa shape index (κ2) is 8.83. The minimum atomic E-state index is -4.74. The zero-order chi connectivity index (χ0) is 21.1. The highest BCUT2D eigenvalue weighted by Gasteiger charge is 2.35. The molecule has 10 heteroatoms. The number of benzene rings is 2. The first kappa shape index (κ1) is 22.0. The van der Waals surface area contributed by atoms with Gasteiger partial charge in [0.25, 0.3) is 5.91 Å². The molecule has 0 heterocycles. The third-order valence-electron chi connectivity index (χ3n) is 3.47. The number of carbonyl (C=O) groups excluding carboxylic acids is 2. The smallest absolute Gasteiger partial charge is 0.418 e. The van der Waals surface area contributed by atoms with Crippen molar-refractivity contribution in [2.45, 2.75) is 26.1 Å². The van der Waals surface area contributed by atoms with Crippen molar-refractivity contribution < 1.29 is 27.5 Å². The summed E-state index contributed by atoms with van der Waals surface area (Å²) in [5.74, 6) is -0.982. The van der Waals surface area contributed by atoms with Crippen molar-refractivity contribution in [1.29, 1.82) is 0 Å². The summed E-state index contributed by atoms with van der Waals surface area (Å²) in [6.45, 7) is 2.58. The van der Waals surface area contributed by atoms with Gasteiger partial charge in [-0.05, 0) is 59.3 Å². The molecule has 2 aromatic carbocycles. The van der Waals surface area contributed by atoms with Gasteiger partial charge in [-0.3, -0.25) is 9.59 Å². The molecular formula is C18H15BrClF3N2O3. The molecule has 0 bridgehead atoms. The largest absolute Gasteiger partial charge is 0.480 e. The molecule has 2 rings (SSSR count). The van der Waals surface area contributed by atoms with Crippen LogP contribution >= 0.6 is 27.5 Å². The van der Waals surface area contributed by atoms with Crippen LogP contribution in [0.3, 0.4) is 0 Å². The molecule has 0 radical (unpaired) electrons. The number of amides is 2. The first-order chi connectivity index (χ1) is 13.0. The molecule has 5 nitrogen and oxygen atoms in total. The topological polar surface area (TPSA) is 67.4 Å². The molecule has 0 aliphatic rings. The molecule has 0 saturated heterocycles. The van der Waals surface area contributed by atoms with Gasteiger partial charge in [0.1, 0.15) is 5.75 Å². The van der Waals surface area contributed by atoms with Crippen LogP contribution < -0.4 is 15.4 Å². The fourth-order valence-corrected chi connectivity index (χ4v) is 2.99. The number of halogens is 5. The molecule has 1 unspecified atom stereocenters. The Balaban J connectivity index is 2.20. The number of anilines is 2. The zero-order valence-corrected chi connectivity index (χ0v) is 17.0. The molecule has 0 spiro atoms. The van der Waals surface area contributed by atoms with Crippen molar-refractivity contribution in [1.82, 2.24) is 0 Å². The van der Waals surface area contributed by atoms with Crippen LogP contribution in [0.15, 0.2) is 40.9 Å². The standard InChI is InChI=1S/C18H15BrClF3N2O3/c1-9(28-16-6-3-11(20)7-14(16)19)17(27)25-15-5-4-12(24-10(2)26)8-13(15)18(21,22)23/h3-9H,1-2H3,(H,24,26)(H,25,27). The minimum absolute atomic E-state index is 0.0350. The summed E-state index contributed by atoms with van der Waals surface area (Å²) >= 11 is 9.06. The average molecular weight is 480 g/mol. The van der Waals surface area contributed by atoms with Gasteiger partial charge in [-0.1, -0.05) is 11.6 Å². The van der Waals surface area contributed by atoms with E-state index >= 15 is 0 Å². The van der Waals surface area contributed by atoms with Crippen LogP contribution in [0.25, 0.3) is 0 Å². The lowest BCUT2D eigenvalue weighted by molar-refractivity contribution is -0.137. The molecule has 0 saturated carbocycles. The van der Waals surface area contributed by atoms with Crippen LogP contribution in [0.4, 0.5) is 24.5 Å². The molecule has 2 amide bonds. The van der Waals surface area contributed by atoms with Crippen LogP contribution in [-0.2, 0) is 15.8 Å². The van der Waals surface area contributed by atoms with E-state index in [4.69, 9.17) is 16.3 Å². The summed E-state index contributed by atoms with van der Waals surface area (Å²) in [6.07, 6.45) is -5.82. The number of ether oxygens (including phenoxy) is 1. The number of alkyl halides is 3. The van der Waals surface area contributed by atoms with Gasteiger partial charge < -0.3 is 15.4 Å². The normalized spacial score (nSPS) is 12.2. The van der Waals surface area contributed by atoms with E-state index < -0.39 is 35.3 Å². The Kier molecular flexibility index (Phi) is 6.95. The zero-order valence-electron chi connectivity index (χ0n) is 14.7. The summed E-state index contributed by atoms with van der Waals surface area (Å²) < 4.78 is 46.0. The van der Waals surface area contributed by atoms with E-state index in [2.05, 4.69) is 26.6 Å². The van der Waals surface area contributed by atoms with Crippen LogP contribution in [0.2, 0.25) is 5.02 Å². The minimum Gasteiger partial charge on any atom is -0.480 e. The monoisotopic (exact) mass is 478 g/mol. The van der Waals surface area contributed by atoms with Crippen LogP contribution in [-0.4, -0.2) is 17.9 Å². The fourth-order valence-electron chi connectivity index (χ4n) is 2.22. The Bertz CT molecular complexity index is 906. The van der Waals surface area contributed by atoms with Gasteiger partial charge in [-0.25, -0.2) is 0 Å². The SMILES string of the molecule is CC(=O)Nc1ccc(NC(=O)C(C)Oc2ccc(Cl)cc2Br)c(C(F)(F)F)c1. The molecule has 0 fully saturated rings. The summed E-state index contributed by atoms with van der Waals surface area (Å²) in [6, 6.07) is 7.71. The fraction of sp³-hybridized carbons (Fsp3) is 0.222. The maximum Gasteiger partial charge on any atom is 0.418 e. The van der Waals surface area contributed by atoms with E-state index in [1.54, 1.807) is 12.1 Å². The summed E-state index contributed by atoms with van der Waals surface area (Å²) in [4.78, 5) is 23.4. The predicted octanol–water partition coefficient (Wildman–Crippen LogP) is 5.49. The Hall–Kier alpha value is -2.26. The highest BCUT2D eigenvalue weighted by atomic mass is 79.9. The molecule has 1 atom stereocenters. The number of rotatable bonds is 5. The van der Waals surface area contributed by atoms with Crippen molar-refractivity contribution in [3.63, 3.8) is 0 Å². The number of nitrogens with one attached hydrogen (secondary N) is 2. The highest BCUT2D eigenvalue weighted by molar-refractivity contribution is 9.10. The Labute approximate surface area is 172 Å². The molecule has 150 valence electrons. The maximum atomic E-state index is 13.3. The Morgan fingerprint density at radius 2 is 1.82 bits per heavy atom. The lowest BCUT2D eigenvalue weighted by Gasteiger charge is -2.19. The van der Waals surface area contributed by atoms with E-state index in [0.717, 1.165) is 12.1 Å². The van der Waals surface area contributed by atoms with Gasteiger partial charge in [0.2, 0.25) is 5.91 Å². The van der Waals surface area contributed by atoms with Crippen LogP contribution in [0.5, 0.6) is 5.75 Å². The van der Waals surface area contributed by atoms with E-state index in [-0.39, 0.29) is 5.69 Å². The van der Waals surface area contributed by atoms with Crippen molar-refractivity contribution in [3.05, 3.63) is 51.5 Å². The molecule has 2 N–H and O–H groups in total. The molecule has 0 aliphatic carbocycles. The summed E-state index contributed by atoms with van der Waals surface area (Å²) in [5.41, 5.74) is -1.57. The predicted molar refractivity (Wildman–Crippen MR) is 104 cm³/mol. The number of hydrogen-bond acceptors (Lipinski definition) is 3. The van der Waals surface area contributed by atoms with Gasteiger partial charge in [-0.2, -0.15) is 13.2 Å². The van der Waals surface area contributed by atoms with Crippen molar-refractivity contribution in [2.24, 2.45) is 0 Å². The summed E-state index contributed by atoms with van der Waals surface area (Å²) in [5, 5.41) is 4.93. The van der Waals surface area contributed by atoms with E-state index in [1.165, 1.54) is 26.0 Å². The second-order valence-electron chi connectivity index (χ2n) is 5.76. The van der Waals surface area contributed by atoms with E-state index in [9.17, 15) is 22.8 Å². The van der Waals surface area contributed by atoms with Crippen molar-refractivity contribution in [2.75, 3.05) is 10.6 Å². The average Bonchev–Trinajstić information content (AvgIpc) is 2.57. The quantitative estimate of drug-likeness (QED) is 0.596. The number of hydrogen-bond donors (Lipinski definition) is 2. The van der Waals surface area contributed by atoms with Crippen LogP contribution in [0.1, 0.15) is 19.4 Å². The molecule has 0 aliphatic heterocycles. The van der Waals surface area contributed by atoms with Crippen LogP contribution in [0, 0.1) is 0 Å². The van der Waals surface area contributed by atoms with E-state index in [1.807, 2.05) is 0 Å². The van der Waals surface area contributed by atoms with Gasteiger partial charge in [0.05, 0.1) is 15.7 Å². The molecule has 0 aromatic heterocycles. The molecular weight excluding hydrogens is 465 g/mol. The Morgan fingerprint density at radius 3 is 2.39 bits per heavy atom. The lowest BCUT2D eigenvalue weighted by atomic mass is 10.1. The van der Waals surface area contributed by atoms with Crippen molar-refractivity contribution in [3.8, 4) is 5.75 Å². The first-order valence-corrected chi connectivity index (χ1v) is 9.06. The highest BCUT2D eigenvalue weighted by Crippen LogP contribution is 2.37.